The molecular formula is C14H11F2N5. The van der Waals surface area contributed by atoms with Gasteiger partial charge < -0.3 is 0 Å². The first-order chi connectivity index (χ1) is 10.2. The van der Waals surface area contributed by atoms with Crippen molar-refractivity contribution in [1.29, 1.82) is 0 Å². The molecule has 3 aromatic rings. The lowest BCUT2D eigenvalue weighted by Gasteiger charge is -2.11. The van der Waals surface area contributed by atoms with Gasteiger partial charge in [-0.15, -0.1) is 5.10 Å². The van der Waals surface area contributed by atoms with Crippen LogP contribution in [0.1, 0.15) is 30.0 Å². The number of fused-ring (bicyclic) bond motifs is 1. The van der Waals surface area contributed by atoms with Gasteiger partial charge in [0.05, 0.1) is 18.4 Å². The lowest BCUT2D eigenvalue weighted by Crippen LogP contribution is -2.08. The Bertz CT molecular complexity index is 780. The molecule has 21 heavy (non-hydrogen) atoms. The summed E-state index contributed by atoms with van der Waals surface area (Å²) in [6.07, 6.45) is 1.35. The standard InChI is InChI=1S/C14H11F2N5/c15-10-7-17-20(8-10)14-18-13-11(16)6-12(21(13)19-14)9-4-2-1-3-5-9/h1-5,7-8,11-12H,6H2. The van der Waals surface area contributed by atoms with Gasteiger partial charge in [0, 0.05) is 6.42 Å². The zero-order chi connectivity index (χ0) is 14.4. The van der Waals surface area contributed by atoms with Crippen molar-refractivity contribution in [1.82, 2.24) is 24.5 Å². The Morgan fingerprint density at radius 1 is 1.19 bits per heavy atom. The Balaban J connectivity index is 1.77. The smallest absolute Gasteiger partial charge is 0.239 e. The Kier molecular flexibility index (Phi) is 2.60. The van der Waals surface area contributed by atoms with Crippen molar-refractivity contribution in [2.24, 2.45) is 0 Å². The van der Waals surface area contributed by atoms with Gasteiger partial charge in [0.2, 0.25) is 0 Å². The van der Waals surface area contributed by atoms with Crippen molar-refractivity contribution in [3.05, 3.63) is 59.9 Å². The first-order valence-electron chi connectivity index (χ1n) is 6.58. The monoisotopic (exact) mass is 287 g/mol. The summed E-state index contributed by atoms with van der Waals surface area (Å²) in [4.78, 5) is 4.14. The Hall–Kier alpha value is -2.57. The van der Waals surface area contributed by atoms with Crippen LogP contribution in [-0.4, -0.2) is 24.5 Å². The Morgan fingerprint density at radius 2 is 2.00 bits per heavy atom. The lowest BCUT2D eigenvalue weighted by atomic mass is 10.0. The number of halogens is 2. The molecule has 2 unspecified atom stereocenters. The van der Waals surface area contributed by atoms with E-state index < -0.39 is 12.0 Å². The highest BCUT2D eigenvalue weighted by Gasteiger charge is 2.35. The lowest BCUT2D eigenvalue weighted by molar-refractivity contribution is 0.328. The molecule has 3 heterocycles. The molecule has 0 fully saturated rings. The molecule has 0 amide bonds. The summed E-state index contributed by atoms with van der Waals surface area (Å²) in [5, 5.41) is 8.08. The van der Waals surface area contributed by atoms with Crippen molar-refractivity contribution >= 4 is 0 Å². The number of alkyl halides is 1. The van der Waals surface area contributed by atoms with Crippen LogP contribution < -0.4 is 0 Å². The summed E-state index contributed by atoms with van der Waals surface area (Å²) in [5.74, 6) is -0.0479. The van der Waals surface area contributed by atoms with Crippen molar-refractivity contribution in [2.75, 3.05) is 0 Å². The molecule has 1 aliphatic heterocycles. The highest BCUT2D eigenvalue weighted by Crippen LogP contribution is 2.39. The molecule has 0 saturated carbocycles. The molecule has 106 valence electrons. The number of benzene rings is 1. The van der Waals surface area contributed by atoms with E-state index in [-0.39, 0.29) is 17.8 Å². The molecule has 0 aliphatic carbocycles. The van der Waals surface area contributed by atoms with Crippen LogP contribution in [0.25, 0.3) is 5.95 Å². The highest BCUT2D eigenvalue weighted by molar-refractivity contribution is 5.25. The third-order valence-electron chi connectivity index (χ3n) is 3.59. The maximum Gasteiger partial charge on any atom is 0.269 e. The van der Waals surface area contributed by atoms with Gasteiger partial charge in [0.1, 0.15) is 0 Å². The number of hydrogen-bond donors (Lipinski definition) is 0. The van der Waals surface area contributed by atoms with Gasteiger partial charge >= 0.3 is 0 Å². The van der Waals surface area contributed by atoms with E-state index in [1.54, 1.807) is 4.68 Å². The van der Waals surface area contributed by atoms with Crippen LogP contribution in [0.5, 0.6) is 0 Å². The molecule has 5 nitrogen and oxygen atoms in total. The number of nitrogens with zero attached hydrogens (tertiary/aromatic N) is 5. The minimum atomic E-state index is -1.18. The average molecular weight is 287 g/mol. The maximum atomic E-state index is 14.2. The second kappa shape index (κ2) is 4.47. The Morgan fingerprint density at radius 3 is 2.71 bits per heavy atom. The first kappa shape index (κ1) is 12.2. The van der Waals surface area contributed by atoms with Crippen molar-refractivity contribution in [2.45, 2.75) is 18.6 Å². The normalized spacial score (nSPS) is 20.7. The molecule has 2 aromatic heterocycles. The SMILES string of the molecule is Fc1cnn(-c2nc3n(n2)C(c2ccccc2)CC3F)c1. The summed E-state index contributed by atoms with van der Waals surface area (Å²) in [5.41, 5.74) is 0.974. The van der Waals surface area contributed by atoms with Crippen molar-refractivity contribution < 1.29 is 8.78 Å². The number of hydrogen-bond acceptors (Lipinski definition) is 3. The van der Waals surface area contributed by atoms with Crippen LogP contribution in [0.2, 0.25) is 0 Å². The van der Waals surface area contributed by atoms with Gasteiger partial charge in [-0.3, -0.25) is 0 Å². The third kappa shape index (κ3) is 1.93. The van der Waals surface area contributed by atoms with E-state index in [9.17, 15) is 8.78 Å². The molecule has 0 saturated heterocycles. The first-order valence-corrected chi connectivity index (χ1v) is 6.58. The summed E-state index contributed by atoms with van der Waals surface area (Å²) in [7, 11) is 0. The predicted molar refractivity (Wildman–Crippen MR) is 70.1 cm³/mol. The van der Waals surface area contributed by atoms with Gasteiger partial charge in [-0.05, 0) is 5.56 Å². The van der Waals surface area contributed by atoms with Gasteiger partial charge in [0.25, 0.3) is 5.95 Å². The van der Waals surface area contributed by atoms with Crippen LogP contribution >= 0.6 is 0 Å². The molecule has 1 aromatic carbocycles. The number of aromatic nitrogens is 5. The van der Waals surface area contributed by atoms with Crippen molar-refractivity contribution in [3.63, 3.8) is 0 Å². The minimum Gasteiger partial charge on any atom is -0.239 e. The van der Waals surface area contributed by atoms with Crippen LogP contribution in [0, 0.1) is 5.82 Å². The van der Waals surface area contributed by atoms with Crippen LogP contribution in [0.15, 0.2) is 42.7 Å². The third-order valence-corrected chi connectivity index (χ3v) is 3.59. The van der Waals surface area contributed by atoms with E-state index in [4.69, 9.17) is 0 Å². The second-order valence-electron chi connectivity index (χ2n) is 4.95. The molecule has 0 spiro atoms. The van der Waals surface area contributed by atoms with Gasteiger partial charge in [0.15, 0.2) is 17.8 Å². The van der Waals surface area contributed by atoms with Crippen molar-refractivity contribution in [3.8, 4) is 5.95 Å². The largest absolute Gasteiger partial charge is 0.269 e. The summed E-state index contributed by atoms with van der Waals surface area (Å²) < 4.78 is 29.9. The van der Waals surface area contributed by atoms with Crippen LogP contribution in [0.4, 0.5) is 8.78 Å². The zero-order valence-electron chi connectivity index (χ0n) is 10.9. The van der Waals surface area contributed by atoms with E-state index in [0.717, 1.165) is 18.0 Å². The van der Waals surface area contributed by atoms with Gasteiger partial charge in [-0.1, -0.05) is 30.3 Å². The molecule has 4 rings (SSSR count). The molecule has 7 heteroatoms. The average Bonchev–Trinajstić information content (AvgIpc) is 3.17. The van der Waals surface area contributed by atoms with Crippen LogP contribution in [-0.2, 0) is 0 Å². The van der Waals surface area contributed by atoms with E-state index in [0.29, 0.717) is 6.42 Å². The fourth-order valence-corrected chi connectivity index (χ4v) is 2.63. The van der Waals surface area contributed by atoms with E-state index >= 15 is 0 Å². The van der Waals surface area contributed by atoms with E-state index in [2.05, 4.69) is 15.2 Å². The fraction of sp³-hybridized carbons (Fsp3) is 0.214. The highest BCUT2D eigenvalue weighted by atomic mass is 19.1. The quantitative estimate of drug-likeness (QED) is 0.728. The molecule has 0 bridgehead atoms. The second-order valence-corrected chi connectivity index (χ2v) is 4.95. The minimum absolute atomic E-state index is 0.178. The molecular weight excluding hydrogens is 276 g/mol. The molecule has 0 radical (unpaired) electrons. The van der Waals surface area contributed by atoms with Gasteiger partial charge in [-0.25, -0.2) is 18.1 Å². The van der Waals surface area contributed by atoms with E-state index in [1.807, 2.05) is 30.3 Å². The van der Waals surface area contributed by atoms with Crippen LogP contribution in [0.3, 0.4) is 0 Å². The predicted octanol–water partition coefficient (Wildman–Crippen LogP) is 2.61. The van der Waals surface area contributed by atoms with E-state index in [1.165, 1.54) is 4.68 Å². The number of rotatable bonds is 2. The summed E-state index contributed by atoms with van der Waals surface area (Å²) in [6.45, 7) is 0. The summed E-state index contributed by atoms with van der Waals surface area (Å²) in [6, 6.07) is 9.38. The maximum absolute atomic E-state index is 14.2. The molecule has 0 N–H and O–H groups in total. The molecule has 2 atom stereocenters. The fourth-order valence-electron chi connectivity index (χ4n) is 2.63. The molecule has 1 aliphatic rings. The topological polar surface area (TPSA) is 48.5 Å². The zero-order valence-corrected chi connectivity index (χ0v) is 10.9. The Labute approximate surface area is 118 Å². The summed E-state index contributed by atoms with van der Waals surface area (Å²) >= 11 is 0. The van der Waals surface area contributed by atoms with Gasteiger partial charge in [-0.2, -0.15) is 10.1 Å².